The first kappa shape index (κ1) is 21.6. The highest BCUT2D eigenvalue weighted by molar-refractivity contribution is 5.95. The molecule has 0 aliphatic rings. The number of carbonyl (C=O) groups excluding carboxylic acids is 1. The van der Waals surface area contributed by atoms with Crippen molar-refractivity contribution < 1.29 is 32.0 Å². The first-order valence-corrected chi connectivity index (χ1v) is 8.62. The van der Waals surface area contributed by atoms with Crippen LogP contribution in [0.5, 0.6) is 5.75 Å². The number of nitro groups is 1. The van der Waals surface area contributed by atoms with E-state index in [2.05, 4.69) is 10.5 Å². The Morgan fingerprint density at radius 3 is 2.65 bits per heavy atom. The molecule has 0 radical (unpaired) electrons. The standard InChI is InChI=1S/C20H14F3N3O5/c1-30-18-10-14(26(28)29)5-7-16(18)17-8-6-15(31-17)11-24-25-19(27)12-3-2-4-13(9-12)20(21,22)23/h2-11H,1H3,(H,25,27)/b24-11-. The van der Waals surface area contributed by atoms with Crippen LogP contribution in [0, 0.1) is 10.1 Å². The molecular weight excluding hydrogens is 419 g/mol. The first-order valence-electron chi connectivity index (χ1n) is 8.62. The third-order valence-electron chi connectivity index (χ3n) is 4.10. The van der Waals surface area contributed by atoms with Crippen LogP contribution in [0.1, 0.15) is 21.7 Å². The quantitative estimate of drug-likeness (QED) is 0.346. The number of furan rings is 1. The van der Waals surface area contributed by atoms with Gasteiger partial charge in [-0.2, -0.15) is 18.3 Å². The molecule has 31 heavy (non-hydrogen) atoms. The molecule has 0 unspecified atom stereocenters. The summed E-state index contributed by atoms with van der Waals surface area (Å²) in [5.74, 6) is -0.0480. The van der Waals surface area contributed by atoms with E-state index in [-0.39, 0.29) is 22.8 Å². The summed E-state index contributed by atoms with van der Waals surface area (Å²) in [6.45, 7) is 0. The Bertz CT molecular complexity index is 1150. The summed E-state index contributed by atoms with van der Waals surface area (Å²) in [5, 5.41) is 14.6. The van der Waals surface area contributed by atoms with Crippen molar-refractivity contribution in [1.82, 2.24) is 5.43 Å². The van der Waals surface area contributed by atoms with Crippen LogP contribution < -0.4 is 10.2 Å². The molecule has 0 fully saturated rings. The molecule has 3 rings (SSSR count). The van der Waals surface area contributed by atoms with E-state index in [9.17, 15) is 28.1 Å². The molecule has 8 nitrogen and oxygen atoms in total. The van der Waals surface area contributed by atoms with Crippen molar-refractivity contribution in [3.05, 3.63) is 81.6 Å². The van der Waals surface area contributed by atoms with Gasteiger partial charge in [0.1, 0.15) is 17.3 Å². The molecule has 0 aliphatic carbocycles. The highest BCUT2D eigenvalue weighted by atomic mass is 19.4. The lowest BCUT2D eigenvalue weighted by Crippen LogP contribution is -2.18. The van der Waals surface area contributed by atoms with Crippen LogP contribution in [0.2, 0.25) is 0 Å². The lowest BCUT2D eigenvalue weighted by Gasteiger charge is -2.07. The topological polar surface area (TPSA) is 107 Å². The summed E-state index contributed by atoms with van der Waals surface area (Å²) in [7, 11) is 1.36. The third kappa shape index (κ3) is 5.07. The molecule has 0 aliphatic heterocycles. The number of alkyl halides is 3. The molecule has 3 aromatic rings. The Morgan fingerprint density at radius 2 is 1.97 bits per heavy atom. The molecule has 0 atom stereocenters. The fourth-order valence-corrected chi connectivity index (χ4v) is 2.62. The van der Waals surface area contributed by atoms with Crippen molar-refractivity contribution in [2.75, 3.05) is 7.11 Å². The van der Waals surface area contributed by atoms with E-state index < -0.39 is 22.6 Å². The summed E-state index contributed by atoms with van der Waals surface area (Å²) >= 11 is 0. The number of ether oxygens (including phenoxy) is 1. The second kappa shape index (κ2) is 8.69. The number of nitrogens with zero attached hydrogens (tertiary/aromatic N) is 2. The van der Waals surface area contributed by atoms with Crippen LogP contribution in [0.4, 0.5) is 18.9 Å². The van der Waals surface area contributed by atoms with Crippen LogP contribution in [0.3, 0.4) is 0 Å². The second-order valence-corrected chi connectivity index (χ2v) is 6.12. The number of rotatable bonds is 6. The predicted octanol–water partition coefficient (Wildman–Crippen LogP) is 4.65. The number of nitrogens with one attached hydrogen (secondary N) is 1. The maximum atomic E-state index is 12.7. The SMILES string of the molecule is COc1cc([N+](=O)[O-])ccc1-c1ccc(/C=N\NC(=O)c2cccc(C(F)(F)F)c2)o1. The zero-order chi connectivity index (χ0) is 22.6. The van der Waals surface area contributed by atoms with Gasteiger partial charge in [-0.3, -0.25) is 14.9 Å². The number of non-ortho nitro benzene ring substituents is 1. The Balaban J connectivity index is 1.72. The Kier molecular flexibility index (Phi) is 6.05. The van der Waals surface area contributed by atoms with E-state index in [1.807, 2.05) is 0 Å². The minimum atomic E-state index is -4.57. The van der Waals surface area contributed by atoms with E-state index in [1.165, 1.54) is 37.4 Å². The minimum Gasteiger partial charge on any atom is -0.496 e. The number of hydrogen-bond donors (Lipinski definition) is 1. The zero-order valence-corrected chi connectivity index (χ0v) is 15.8. The van der Waals surface area contributed by atoms with Crippen molar-refractivity contribution in [3.63, 3.8) is 0 Å². The van der Waals surface area contributed by atoms with Crippen LogP contribution in [-0.2, 0) is 6.18 Å². The van der Waals surface area contributed by atoms with Crippen molar-refractivity contribution >= 4 is 17.8 Å². The molecular formula is C20H14F3N3O5. The molecule has 0 saturated heterocycles. The molecule has 2 aromatic carbocycles. The highest BCUT2D eigenvalue weighted by Gasteiger charge is 2.30. The maximum absolute atomic E-state index is 12.7. The molecule has 1 N–H and O–H groups in total. The van der Waals surface area contributed by atoms with Gasteiger partial charge in [-0.05, 0) is 36.4 Å². The van der Waals surface area contributed by atoms with Gasteiger partial charge in [0.25, 0.3) is 11.6 Å². The largest absolute Gasteiger partial charge is 0.496 e. The predicted molar refractivity (Wildman–Crippen MR) is 104 cm³/mol. The minimum absolute atomic E-state index is 0.147. The number of nitro benzene ring substituents is 1. The van der Waals surface area contributed by atoms with Gasteiger partial charge >= 0.3 is 6.18 Å². The summed E-state index contributed by atoms with van der Waals surface area (Å²) in [6, 6.07) is 11.0. The van der Waals surface area contributed by atoms with E-state index >= 15 is 0 Å². The molecule has 11 heteroatoms. The number of hydrogen-bond acceptors (Lipinski definition) is 6. The van der Waals surface area contributed by atoms with E-state index in [1.54, 1.807) is 6.07 Å². The molecule has 1 aromatic heterocycles. The van der Waals surface area contributed by atoms with E-state index in [4.69, 9.17) is 9.15 Å². The van der Waals surface area contributed by atoms with Crippen molar-refractivity contribution in [1.29, 1.82) is 0 Å². The van der Waals surface area contributed by atoms with Crippen LogP contribution >= 0.6 is 0 Å². The molecule has 1 amide bonds. The number of amides is 1. The van der Waals surface area contributed by atoms with Gasteiger partial charge in [-0.1, -0.05) is 6.07 Å². The van der Waals surface area contributed by atoms with E-state index in [0.717, 1.165) is 24.4 Å². The number of halogens is 3. The number of carbonyl (C=O) groups is 1. The van der Waals surface area contributed by atoms with Gasteiger partial charge in [-0.25, -0.2) is 5.43 Å². The summed E-state index contributed by atoms with van der Waals surface area (Å²) < 4.78 is 49.0. The first-order chi connectivity index (χ1) is 14.7. The maximum Gasteiger partial charge on any atom is 0.416 e. The summed E-state index contributed by atoms with van der Waals surface area (Å²) in [4.78, 5) is 22.3. The van der Waals surface area contributed by atoms with Gasteiger partial charge in [0, 0.05) is 11.6 Å². The van der Waals surface area contributed by atoms with Crippen molar-refractivity contribution in [3.8, 4) is 17.1 Å². The van der Waals surface area contributed by atoms with Gasteiger partial charge < -0.3 is 9.15 Å². The average Bonchev–Trinajstić information content (AvgIpc) is 3.21. The second-order valence-electron chi connectivity index (χ2n) is 6.12. The monoisotopic (exact) mass is 433 g/mol. The van der Waals surface area contributed by atoms with Crippen molar-refractivity contribution in [2.45, 2.75) is 6.18 Å². The summed E-state index contributed by atoms with van der Waals surface area (Å²) in [6.07, 6.45) is -3.41. The summed E-state index contributed by atoms with van der Waals surface area (Å²) in [5.41, 5.74) is 1.28. The van der Waals surface area contributed by atoms with Gasteiger partial charge in [0.2, 0.25) is 0 Å². The number of methoxy groups -OCH3 is 1. The fraction of sp³-hybridized carbons (Fsp3) is 0.100. The zero-order valence-electron chi connectivity index (χ0n) is 15.8. The van der Waals surface area contributed by atoms with Crippen LogP contribution in [0.15, 0.2) is 64.1 Å². The normalized spacial score (nSPS) is 11.5. The lowest BCUT2D eigenvalue weighted by molar-refractivity contribution is -0.384. The molecule has 160 valence electrons. The molecule has 0 spiro atoms. The van der Waals surface area contributed by atoms with Gasteiger partial charge in [0.05, 0.1) is 35.4 Å². The molecule has 0 saturated carbocycles. The van der Waals surface area contributed by atoms with Crippen LogP contribution in [-0.4, -0.2) is 24.2 Å². The molecule has 0 bridgehead atoms. The van der Waals surface area contributed by atoms with Crippen LogP contribution in [0.25, 0.3) is 11.3 Å². The van der Waals surface area contributed by atoms with Crippen molar-refractivity contribution in [2.24, 2.45) is 5.10 Å². The average molecular weight is 433 g/mol. The lowest BCUT2D eigenvalue weighted by atomic mass is 10.1. The van der Waals surface area contributed by atoms with Gasteiger partial charge in [-0.15, -0.1) is 0 Å². The van der Waals surface area contributed by atoms with E-state index in [0.29, 0.717) is 11.3 Å². The third-order valence-corrected chi connectivity index (χ3v) is 4.10. The van der Waals surface area contributed by atoms with Gasteiger partial charge in [0.15, 0.2) is 0 Å². The fourth-order valence-electron chi connectivity index (χ4n) is 2.62. The Morgan fingerprint density at radius 1 is 1.19 bits per heavy atom. The highest BCUT2D eigenvalue weighted by Crippen LogP contribution is 2.34. The number of benzene rings is 2. The smallest absolute Gasteiger partial charge is 0.416 e. The Labute approximate surface area is 173 Å². The molecule has 1 heterocycles. The Hall–Kier alpha value is -4.15. The number of hydrazone groups is 1.